The van der Waals surface area contributed by atoms with E-state index in [0.29, 0.717) is 24.0 Å². The molecule has 3 rings (SSSR count). The largest absolute Gasteiger partial charge is 0.372 e. The lowest BCUT2D eigenvalue weighted by molar-refractivity contribution is -0.140. The van der Waals surface area contributed by atoms with Gasteiger partial charge in [0.15, 0.2) is 0 Å². The molecular formula is C14H18N6O2S. The second kappa shape index (κ2) is 7.05. The number of nitrogens with zero attached hydrogens (tertiary/aromatic N) is 6. The number of hydrogen-bond acceptors (Lipinski definition) is 7. The first-order chi connectivity index (χ1) is 11.1. The number of ether oxygens (including phenoxy) is 1. The highest BCUT2D eigenvalue weighted by Gasteiger charge is 2.26. The predicted octanol–water partition coefficient (Wildman–Crippen LogP) is 0.785. The van der Waals surface area contributed by atoms with Gasteiger partial charge in [0.2, 0.25) is 11.1 Å². The van der Waals surface area contributed by atoms with Gasteiger partial charge in [-0.15, -0.1) is 5.10 Å². The summed E-state index contributed by atoms with van der Waals surface area (Å²) in [4.78, 5) is 18.3. The van der Waals surface area contributed by atoms with E-state index in [4.69, 9.17) is 4.74 Å². The van der Waals surface area contributed by atoms with Crippen molar-refractivity contribution in [3.63, 3.8) is 0 Å². The molecule has 1 fully saturated rings. The zero-order valence-corrected chi connectivity index (χ0v) is 13.8. The topological polar surface area (TPSA) is 86.0 Å². The summed E-state index contributed by atoms with van der Waals surface area (Å²) in [6.45, 7) is 5.20. The SMILES string of the molecule is C[C@@H]1CN(C(=O)CSc2nnnn2-c2cccnc2)C[C@H](C)O1. The third-order valence-electron chi connectivity index (χ3n) is 3.43. The van der Waals surface area contributed by atoms with E-state index in [9.17, 15) is 4.79 Å². The van der Waals surface area contributed by atoms with E-state index in [0.717, 1.165) is 5.69 Å². The van der Waals surface area contributed by atoms with Crippen molar-refractivity contribution in [2.45, 2.75) is 31.2 Å². The quantitative estimate of drug-likeness (QED) is 0.764. The Bertz CT molecular complexity index is 654. The summed E-state index contributed by atoms with van der Waals surface area (Å²) < 4.78 is 7.23. The van der Waals surface area contributed by atoms with Crippen molar-refractivity contribution in [2.75, 3.05) is 18.8 Å². The number of amides is 1. The smallest absolute Gasteiger partial charge is 0.233 e. The monoisotopic (exact) mass is 334 g/mol. The van der Waals surface area contributed by atoms with Gasteiger partial charge in [-0.2, -0.15) is 4.68 Å². The van der Waals surface area contributed by atoms with Gasteiger partial charge >= 0.3 is 0 Å². The molecule has 2 aromatic rings. The van der Waals surface area contributed by atoms with Gasteiger partial charge in [-0.3, -0.25) is 9.78 Å². The molecule has 3 heterocycles. The highest BCUT2D eigenvalue weighted by Crippen LogP contribution is 2.19. The molecule has 23 heavy (non-hydrogen) atoms. The molecule has 0 aliphatic carbocycles. The van der Waals surface area contributed by atoms with Gasteiger partial charge in [-0.05, 0) is 36.4 Å². The molecule has 122 valence electrons. The van der Waals surface area contributed by atoms with Crippen LogP contribution in [0.1, 0.15) is 13.8 Å². The summed E-state index contributed by atoms with van der Waals surface area (Å²) in [7, 11) is 0. The van der Waals surface area contributed by atoms with Gasteiger partial charge in [-0.1, -0.05) is 11.8 Å². The van der Waals surface area contributed by atoms with Crippen LogP contribution in [-0.4, -0.2) is 67.0 Å². The zero-order valence-electron chi connectivity index (χ0n) is 13.0. The Kier molecular flexibility index (Phi) is 4.87. The Morgan fingerprint density at radius 1 is 1.39 bits per heavy atom. The van der Waals surface area contributed by atoms with E-state index < -0.39 is 0 Å². The highest BCUT2D eigenvalue weighted by molar-refractivity contribution is 7.99. The van der Waals surface area contributed by atoms with Gasteiger partial charge in [-0.25, -0.2) is 0 Å². The first-order valence-electron chi connectivity index (χ1n) is 7.38. The molecule has 0 aromatic carbocycles. The minimum atomic E-state index is 0.0633. The molecule has 1 aliphatic heterocycles. The van der Waals surface area contributed by atoms with Crippen LogP contribution in [0.15, 0.2) is 29.7 Å². The van der Waals surface area contributed by atoms with Crippen LogP contribution >= 0.6 is 11.8 Å². The number of tetrazole rings is 1. The van der Waals surface area contributed by atoms with Crippen molar-refractivity contribution in [2.24, 2.45) is 0 Å². The fraction of sp³-hybridized carbons (Fsp3) is 0.500. The van der Waals surface area contributed by atoms with Crippen LogP contribution in [-0.2, 0) is 9.53 Å². The van der Waals surface area contributed by atoms with Gasteiger partial charge in [0.1, 0.15) is 0 Å². The summed E-state index contributed by atoms with van der Waals surface area (Å²) in [6, 6.07) is 3.67. The number of morpholine rings is 1. The van der Waals surface area contributed by atoms with E-state index in [2.05, 4.69) is 20.5 Å². The summed E-state index contributed by atoms with van der Waals surface area (Å²) in [5.74, 6) is 0.359. The Hall–Kier alpha value is -2.00. The molecule has 2 aromatic heterocycles. The summed E-state index contributed by atoms with van der Waals surface area (Å²) in [5, 5.41) is 12.2. The van der Waals surface area contributed by atoms with Crippen molar-refractivity contribution in [3.8, 4) is 5.69 Å². The van der Waals surface area contributed by atoms with Crippen molar-refractivity contribution in [1.29, 1.82) is 0 Å². The van der Waals surface area contributed by atoms with Crippen molar-refractivity contribution in [1.82, 2.24) is 30.1 Å². The van der Waals surface area contributed by atoms with Crippen LogP contribution in [0, 0.1) is 0 Å². The fourth-order valence-electron chi connectivity index (χ4n) is 2.51. The number of hydrogen-bond donors (Lipinski definition) is 0. The van der Waals surface area contributed by atoms with Crippen LogP contribution in [0.3, 0.4) is 0 Å². The molecule has 8 nitrogen and oxygen atoms in total. The zero-order chi connectivity index (χ0) is 16.2. The number of rotatable bonds is 4. The first-order valence-corrected chi connectivity index (χ1v) is 8.37. The third-order valence-corrected chi connectivity index (χ3v) is 4.33. The lowest BCUT2D eigenvalue weighted by Gasteiger charge is -2.35. The molecule has 0 unspecified atom stereocenters. The van der Waals surface area contributed by atoms with E-state index in [-0.39, 0.29) is 18.1 Å². The second-order valence-electron chi connectivity index (χ2n) is 5.43. The molecule has 1 amide bonds. The Labute approximate surface area is 138 Å². The summed E-state index contributed by atoms with van der Waals surface area (Å²) in [6.07, 6.45) is 3.49. The van der Waals surface area contributed by atoms with Crippen LogP contribution in [0.4, 0.5) is 0 Å². The van der Waals surface area contributed by atoms with Crippen molar-refractivity contribution >= 4 is 17.7 Å². The number of carbonyl (C=O) groups excluding carboxylic acids is 1. The Morgan fingerprint density at radius 3 is 2.87 bits per heavy atom. The van der Waals surface area contributed by atoms with E-state index >= 15 is 0 Å². The summed E-state index contributed by atoms with van der Waals surface area (Å²) in [5.41, 5.74) is 0.765. The van der Waals surface area contributed by atoms with Crippen LogP contribution in [0.2, 0.25) is 0 Å². The summed E-state index contributed by atoms with van der Waals surface area (Å²) >= 11 is 1.32. The standard InChI is InChI=1S/C14H18N6O2S/c1-10-7-19(8-11(2)22-10)13(21)9-23-14-16-17-18-20(14)12-4-3-5-15-6-12/h3-6,10-11H,7-9H2,1-2H3/t10-,11+. The fourth-order valence-corrected chi connectivity index (χ4v) is 3.30. The van der Waals surface area contributed by atoms with Crippen molar-refractivity contribution in [3.05, 3.63) is 24.5 Å². The van der Waals surface area contributed by atoms with Gasteiger partial charge < -0.3 is 9.64 Å². The van der Waals surface area contributed by atoms with E-state index in [1.165, 1.54) is 11.8 Å². The Morgan fingerprint density at radius 2 is 2.17 bits per heavy atom. The van der Waals surface area contributed by atoms with E-state index in [1.54, 1.807) is 17.1 Å². The molecule has 9 heteroatoms. The highest BCUT2D eigenvalue weighted by atomic mass is 32.2. The lowest BCUT2D eigenvalue weighted by Crippen LogP contribution is -2.48. The second-order valence-corrected chi connectivity index (χ2v) is 6.37. The number of thioether (sulfide) groups is 1. The average molecular weight is 334 g/mol. The van der Waals surface area contributed by atoms with Gasteiger partial charge in [0.25, 0.3) is 0 Å². The molecule has 0 saturated carbocycles. The van der Waals surface area contributed by atoms with Crippen molar-refractivity contribution < 1.29 is 9.53 Å². The predicted molar refractivity (Wildman–Crippen MR) is 84.3 cm³/mol. The number of carbonyl (C=O) groups is 1. The minimum Gasteiger partial charge on any atom is -0.372 e. The van der Waals surface area contributed by atoms with E-state index in [1.807, 2.05) is 30.9 Å². The first kappa shape index (κ1) is 15.9. The molecule has 1 saturated heterocycles. The maximum Gasteiger partial charge on any atom is 0.233 e. The van der Waals surface area contributed by atoms with Crippen LogP contribution in [0.25, 0.3) is 5.69 Å². The molecular weight excluding hydrogens is 316 g/mol. The third kappa shape index (κ3) is 3.85. The minimum absolute atomic E-state index is 0.0633. The molecule has 0 spiro atoms. The molecule has 0 N–H and O–H groups in total. The normalized spacial score (nSPS) is 21.4. The number of pyridine rings is 1. The van der Waals surface area contributed by atoms with Gasteiger partial charge in [0.05, 0.1) is 29.8 Å². The van der Waals surface area contributed by atoms with Gasteiger partial charge in [0, 0.05) is 19.3 Å². The maximum absolute atomic E-state index is 12.4. The molecule has 2 atom stereocenters. The van der Waals surface area contributed by atoms with Crippen LogP contribution in [0.5, 0.6) is 0 Å². The van der Waals surface area contributed by atoms with Crippen LogP contribution < -0.4 is 0 Å². The lowest BCUT2D eigenvalue weighted by atomic mass is 10.2. The molecule has 1 aliphatic rings. The Balaban J connectivity index is 1.63. The molecule has 0 radical (unpaired) electrons. The maximum atomic E-state index is 12.4. The molecule has 0 bridgehead atoms. The number of aromatic nitrogens is 5. The average Bonchev–Trinajstić information content (AvgIpc) is 3.01.